The van der Waals surface area contributed by atoms with E-state index in [-0.39, 0.29) is 16.6 Å². The summed E-state index contributed by atoms with van der Waals surface area (Å²) in [6, 6.07) is 28.1. The van der Waals surface area contributed by atoms with Crippen molar-refractivity contribution in [3.8, 4) is 11.1 Å². The fourth-order valence-corrected chi connectivity index (χ4v) is 4.17. The molecule has 4 aromatic carbocycles. The van der Waals surface area contributed by atoms with Gasteiger partial charge < -0.3 is 9.73 Å². The number of benzene rings is 4. The number of carbonyl (C=O) groups excluding carboxylic acids is 1. The summed E-state index contributed by atoms with van der Waals surface area (Å²) in [4.78, 5) is 25.2. The lowest BCUT2D eigenvalue weighted by Gasteiger charge is -2.12. The first-order valence-corrected chi connectivity index (χ1v) is 11.1. The number of anilines is 1. The number of fused-ring (bicyclic) bond motifs is 2. The molecule has 5 nitrogen and oxygen atoms in total. The summed E-state index contributed by atoms with van der Waals surface area (Å²) in [6.07, 6.45) is 0. The van der Waals surface area contributed by atoms with Crippen molar-refractivity contribution in [3.63, 3.8) is 0 Å². The highest BCUT2D eigenvalue weighted by Gasteiger charge is 2.12. The first-order valence-electron chi connectivity index (χ1n) is 10.7. The topological polar surface area (TPSA) is 71.3 Å². The second kappa shape index (κ2) is 8.92. The van der Waals surface area contributed by atoms with Gasteiger partial charge in [0.05, 0.1) is 5.56 Å². The van der Waals surface area contributed by atoms with Gasteiger partial charge in [0.1, 0.15) is 5.58 Å². The Morgan fingerprint density at radius 3 is 2.32 bits per heavy atom. The molecule has 34 heavy (non-hydrogen) atoms. The number of carbonyl (C=O) groups is 1. The zero-order chi connectivity index (χ0) is 23.7. The Morgan fingerprint density at radius 2 is 1.53 bits per heavy atom. The Balaban J connectivity index is 1.32. The van der Waals surface area contributed by atoms with Crippen LogP contribution in [0.15, 0.2) is 100 Å². The normalized spacial score (nSPS) is 10.9. The van der Waals surface area contributed by atoms with Crippen LogP contribution in [0.2, 0.25) is 0 Å². The Labute approximate surface area is 201 Å². The van der Waals surface area contributed by atoms with E-state index in [9.17, 15) is 9.59 Å². The van der Waals surface area contributed by atoms with Crippen LogP contribution in [0.4, 0.5) is 5.69 Å². The second-order valence-corrected chi connectivity index (χ2v) is 8.39. The third kappa shape index (κ3) is 4.31. The van der Waals surface area contributed by atoms with Gasteiger partial charge in [0.25, 0.3) is 5.91 Å². The lowest BCUT2D eigenvalue weighted by atomic mass is 10.0. The molecule has 1 amide bonds. The number of thiocarbonyl (C=S) groups is 1. The predicted octanol–water partition coefficient (Wildman–Crippen LogP) is 6.05. The molecule has 1 aromatic heterocycles. The van der Waals surface area contributed by atoms with Crippen molar-refractivity contribution in [2.45, 2.75) is 6.92 Å². The van der Waals surface area contributed by atoms with E-state index in [2.05, 4.69) is 10.6 Å². The van der Waals surface area contributed by atoms with Crippen LogP contribution in [0, 0.1) is 6.92 Å². The number of hydrogen-bond donors (Lipinski definition) is 2. The molecular weight excluding hydrogens is 444 g/mol. The molecular formula is C28H20N2O3S. The Kier molecular flexibility index (Phi) is 5.65. The molecule has 2 N–H and O–H groups in total. The Morgan fingerprint density at radius 1 is 0.794 bits per heavy atom. The van der Waals surface area contributed by atoms with Crippen molar-refractivity contribution < 1.29 is 9.21 Å². The third-order valence-corrected chi connectivity index (χ3v) is 5.86. The minimum Gasteiger partial charge on any atom is -0.422 e. The summed E-state index contributed by atoms with van der Waals surface area (Å²) in [5, 5.41) is 8.86. The molecule has 0 aliphatic rings. The van der Waals surface area contributed by atoms with Gasteiger partial charge in [-0.2, -0.15) is 0 Å². The summed E-state index contributed by atoms with van der Waals surface area (Å²) < 4.78 is 5.47. The van der Waals surface area contributed by atoms with Crippen LogP contribution < -0.4 is 16.3 Å². The van der Waals surface area contributed by atoms with Crippen molar-refractivity contribution in [2.75, 3.05) is 5.32 Å². The van der Waals surface area contributed by atoms with E-state index in [1.54, 1.807) is 12.1 Å². The monoisotopic (exact) mass is 464 g/mol. The van der Waals surface area contributed by atoms with Gasteiger partial charge in [-0.1, -0.05) is 54.6 Å². The number of rotatable bonds is 3. The van der Waals surface area contributed by atoms with Crippen molar-refractivity contribution >= 4 is 50.7 Å². The summed E-state index contributed by atoms with van der Waals surface area (Å²) in [5.74, 6) is -0.287. The minimum atomic E-state index is -0.388. The van der Waals surface area contributed by atoms with Gasteiger partial charge in [-0.05, 0) is 77.4 Å². The maximum absolute atomic E-state index is 12.7. The molecule has 0 saturated carbocycles. The lowest BCUT2D eigenvalue weighted by molar-refractivity contribution is 0.0978. The molecule has 0 radical (unpaired) electrons. The lowest BCUT2D eigenvalue weighted by Crippen LogP contribution is -2.34. The molecule has 5 aromatic rings. The second-order valence-electron chi connectivity index (χ2n) is 7.99. The average molecular weight is 465 g/mol. The fourth-order valence-electron chi connectivity index (χ4n) is 3.96. The highest BCUT2D eigenvalue weighted by Crippen LogP contribution is 2.26. The fraction of sp³-hybridized carbons (Fsp3) is 0.0357. The molecule has 0 aliphatic heterocycles. The molecule has 0 unspecified atom stereocenters. The first kappa shape index (κ1) is 21.6. The van der Waals surface area contributed by atoms with Crippen molar-refractivity contribution in [1.29, 1.82) is 0 Å². The van der Waals surface area contributed by atoms with E-state index in [1.165, 1.54) is 0 Å². The molecule has 0 spiro atoms. The van der Waals surface area contributed by atoms with Gasteiger partial charge in [0, 0.05) is 16.6 Å². The van der Waals surface area contributed by atoms with Gasteiger partial charge in [-0.25, -0.2) is 4.79 Å². The smallest absolute Gasteiger partial charge is 0.344 e. The van der Waals surface area contributed by atoms with Gasteiger partial charge in [-0.3, -0.25) is 10.1 Å². The van der Waals surface area contributed by atoms with Gasteiger partial charge >= 0.3 is 5.63 Å². The van der Waals surface area contributed by atoms with E-state index in [1.807, 2.05) is 85.8 Å². The standard InChI is InChI=1S/C28H20N2O3S/c1-17-14-22(12-13-23(17)24-16-20-8-4-5-9-25(20)33-27(24)32)29-28(34)30-26(31)21-11-10-18-6-2-3-7-19(18)15-21/h2-16H,1H3,(H2,29,30,31,34). The van der Waals surface area contributed by atoms with Crippen LogP contribution in [-0.2, 0) is 0 Å². The van der Waals surface area contributed by atoms with E-state index in [4.69, 9.17) is 16.6 Å². The quantitative estimate of drug-likeness (QED) is 0.251. The van der Waals surface area contributed by atoms with Crippen LogP contribution in [0.25, 0.3) is 32.9 Å². The Hall–Kier alpha value is -4.29. The largest absolute Gasteiger partial charge is 0.422 e. The highest BCUT2D eigenvalue weighted by molar-refractivity contribution is 7.80. The van der Waals surface area contributed by atoms with Crippen LogP contribution in [-0.4, -0.2) is 11.0 Å². The summed E-state index contributed by atoms with van der Waals surface area (Å²) in [7, 11) is 0. The molecule has 6 heteroatoms. The van der Waals surface area contributed by atoms with Gasteiger partial charge in [0.15, 0.2) is 5.11 Å². The molecule has 1 heterocycles. The van der Waals surface area contributed by atoms with E-state index < -0.39 is 0 Å². The Bertz CT molecular complexity index is 1640. The van der Waals surface area contributed by atoms with Crippen molar-refractivity contribution in [3.05, 3.63) is 113 Å². The maximum atomic E-state index is 12.7. The van der Waals surface area contributed by atoms with E-state index >= 15 is 0 Å². The number of hydrogen-bond acceptors (Lipinski definition) is 4. The zero-order valence-electron chi connectivity index (χ0n) is 18.3. The average Bonchev–Trinajstić information content (AvgIpc) is 2.83. The van der Waals surface area contributed by atoms with Crippen molar-refractivity contribution in [1.82, 2.24) is 5.32 Å². The van der Waals surface area contributed by atoms with Crippen LogP contribution in [0.1, 0.15) is 15.9 Å². The molecule has 166 valence electrons. The minimum absolute atomic E-state index is 0.190. The van der Waals surface area contributed by atoms with Gasteiger partial charge in [-0.15, -0.1) is 0 Å². The summed E-state index contributed by atoms with van der Waals surface area (Å²) in [5.41, 5.74) is 3.54. The number of nitrogens with one attached hydrogen (secondary N) is 2. The molecule has 0 fully saturated rings. The number of aryl methyl sites for hydroxylation is 1. The maximum Gasteiger partial charge on any atom is 0.344 e. The SMILES string of the molecule is Cc1cc(NC(=S)NC(=O)c2ccc3ccccc3c2)ccc1-c1cc2ccccc2oc1=O. The van der Waals surface area contributed by atoms with Gasteiger partial charge in [0.2, 0.25) is 0 Å². The zero-order valence-corrected chi connectivity index (χ0v) is 19.1. The van der Waals surface area contributed by atoms with Crippen LogP contribution >= 0.6 is 12.2 Å². The highest BCUT2D eigenvalue weighted by atomic mass is 32.1. The van der Waals surface area contributed by atoms with Crippen molar-refractivity contribution in [2.24, 2.45) is 0 Å². The van der Waals surface area contributed by atoms with Crippen LogP contribution in [0.5, 0.6) is 0 Å². The molecule has 0 atom stereocenters. The van der Waals surface area contributed by atoms with E-state index in [0.29, 0.717) is 22.4 Å². The molecule has 0 bridgehead atoms. The van der Waals surface area contributed by atoms with Crippen LogP contribution in [0.3, 0.4) is 0 Å². The summed E-state index contributed by atoms with van der Waals surface area (Å²) in [6.45, 7) is 1.91. The number of para-hydroxylation sites is 1. The predicted molar refractivity (Wildman–Crippen MR) is 140 cm³/mol. The number of amides is 1. The summed E-state index contributed by atoms with van der Waals surface area (Å²) >= 11 is 5.34. The first-order chi connectivity index (χ1) is 16.5. The molecule has 0 saturated heterocycles. The molecule has 5 rings (SSSR count). The third-order valence-electron chi connectivity index (χ3n) is 5.65. The van der Waals surface area contributed by atoms with E-state index in [0.717, 1.165) is 27.3 Å². The molecule has 0 aliphatic carbocycles.